The van der Waals surface area contributed by atoms with Gasteiger partial charge in [0.25, 0.3) is 5.91 Å². The van der Waals surface area contributed by atoms with Gasteiger partial charge in [-0.2, -0.15) is 0 Å². The molecule has 1 aliphatic carbocycles. The molecule has 3 heteroatoms. The average Bonchev–Trinajstić information content (AvgIpc) is 2.60. The van der Waals surface area contributed by atoms with Gasteiger partial charge in [-0.25, -0.2) is 0 Å². The molecule has 1 aromatic carbocycles. The summed E-state index contributed by atoms with van der Waals surface area (Å²) in [5.41, 5.74) is 2.20. The Labute approximate surface area is 128 Å². The molecule has 21 heavy (non-hydrogen) atoms. The molecule has 1 unspecified atom stereocenters. The molecule has 1 saturated carbocycles. The van der Waals surface area contributed by atoms with Crippen LogP contribution in [0.1, 0.15) is 56.3 Å². The average molecular weight is 288 g/mol. The number of hydrogen-bond acceptors (Lipinski definition) is 2. The first-order valence-corrected chi connectivity index (χ1v) is 7.96. The van der Waals surface area contributed by atoms with Crippen molar-refractivity contribution in [2.24, 2.45) is 5.41 Å². The van der Waals surface area contributed by atoms with Crippen molar-refractivity contribution in [1.82, 2.24) is 4.90 Å². The van der Waals surface area contributed by atoms with Gasteiger partial charge in [0.2, 0.25) is 0 Å². The van der Waals surface area contributed by atoms with Crippen LogP contribution in [0.4, 0.5) is 5.69 Å². The van der Waals surface area contributed by atoms with E-state index in [-0.39, 0.29) is 5.91 Å². The van der Waals surface area contributed by atoms with Crippen LogP contribution in [-0.4, -0.2) is 30.9 Å². The molecule has 0 bridgehead atoms. The minimum Gasteiger partial charge on any atom is -0.382 e. The zero-order valence-corrected chi connectivity index (χ0v) is 13.8. The van der Waals surface area contributed by atoms with Crippen molar-refractivity contribution in [2.45, 2.75) is 52.0 Å². The van der Waals surface area contributed by atoms with Crippen molar-refractivity contribution in [2.75, 3.05) is 19.4 Å². The van der Waals surface area contributed by atoms with E-state index in [4.69, 9.17) is 0 Å². The van der Waals surface area contributed by atoms with Crippen LogP contribution in [0, 0.1) is 5.41 Å². The molecule has 1 amide bonds. The Balaban J connectivity index is 2.11. The summed E-state index contributed by atoms with van der Waals surface area (Å²) in [6, 6.07) is 8.33. The van der Waals surface area contributed by atoms with E-state index in [9.17, 15) is 4.79 Å². The minimum atomic E-state index is 0.0621. The first-order valence-electron chi connectivity index (χ1n) is 7.96. The van der Waals surface area contributed by atoms with Gasteiger partial charge in [-0.3, -0.25) is 4.79 Å². The Morgan fingerprint density at radius 2 is 1.90 bits per heavy atom. The molecular formula is C18H28N2O. The van der Waals surface area contributed by atoms with Crippen LogP contribution in [0.5, 0.6) is 0 Å². The number of anilines is 1. The molecule has 1 aliphatic rings. The normalized spacial score (nSPS) is 21.4. The lowest BCUT2D eigenvalue weighted by molar-refractivity contribution is 0.0828. The summed E-state index contributed by atoms with van der Waals surface area (Å²) in [5.74, 6) is 0.0621. The Hall–Kier alpha value is -1.51. The predicted octanol–water partition coefficient (Wildman–Crippen LogP) is 4.16. The quantitative estimate of drug-likeness (QED) is 0.847. The van der Waals surface area contributed by atoms with Gasteiger partial charge in [-0.1, -0.05) is 32.4 Å². The molecule has 1 fully saturated rings. The largest absolute Gasteiger partial charge is 0.382 e. The molecule has 0 radical (unpaired) electrons. The molecule has 2 rings (SSSR count). The van der Waals surface area contributed by atoms with Crippen LogP contribution in [0.15, 0.2) is 24.3 Å². The number of carbonyl (C=O) groups excluding carboxylic acids is 1. The van der Waals surface area contributed by atoms with Gasteiger partial charge in [0.1, 0.15) is 0 Å². The number of benzene rings is 1. The van der Waals surface area contributed by atoms with Gasteiger partial charge in [-0.05, 0) is 43.2 Å². The molecule has 0 aliphatic heterocycles. The Kier molecular flexibility index (Phi) is 4.92. The highest BCUT2D eigenvalue weighted by atomic mass is 16.2. The maximum Gasteiger partial charge on any atom is 0.255 e. The number of nitrogens with zero attached hydrogens (tertiary/aromatic N) is 1. The number of para-hydroxylation sites is 1. The molecule has 1 aromatic rings. The summed E-state index contributed by atoms with van der Waals surface area (Å²) in [6.45, 7) is 4.72. The first kappa shape index (κ1) is 15.9. The fourth-order valence-corrected chi connectivity index (χ4v) is 3.06. The van der Waals surface area contributed by atoms with Crippen molar-refractivity contribution in [3.05, 3.63) is 29.8 Å². The van der Waals surface area contributed by atoms with E-state index in [0.29, 0.717) is 11.5 Å². The fourth-order valence-electron chi connectivity index (χ4n) is 3.06. The third-order valence-corrected chi connectivity index (χ3v) is 4.50. The van der Waals surface area contributed by atoms with E-state index < -0.39 is 0 Å². The Bertz CT molecular complexity index is 494. The van der Waals surface area contributed by atoms with Crippen LogP contribution in [0.25, 0.3) is 0 Å². The van der Waals surface area contributed by atoms with E-state index >= 15 is 0 Å². The highest BCUT2D eigenvalue weighted by Gasteiger charge is 2.25. The zero-order valence-electron chi connectivity index (χ0n) is 13.8. The smallest absolute Gasteiger partial charge is 0.255 e. The van der Waals surface area contributed by atoms with Crippen LogP contribution < -0.4 is 5.32 Å². The van der Waals surface area contributed by atoms with Crippen molar-refractivity contribution >= 4 is 11.6 Å². The molecule has 1 N–H and O–H groups in total. The zero-order chi connectivity index (χ0) is 15.5. The fraction of sp³-hybridized carbons (Fsp3) is 0.611. The summed E-state index contributed by atoms with van der Waals surface area (Å²) in [7, 11) is 3.60. The molecule has 116 valence electrons. The molecule has 3 nitrogen and oxygen atoms in total. The molecule has 0 aromatic heterocycles. The van der Waals surface area contributed by atoms with Crippen molar-refractivity contribution in [1.29, 1.82) is 0 Å². The lowest BCUT2D eigenvalue weighted by atomic mass is 9.85. The van der Waals surface area contributed by atoms with Crippen LogP contribution in [-0.2, 0) is 0 Å². The third kappa shape index (κ3) is 4.23. The maximum atomic E-state index is 12.3. The lowest BCUT2D eigenvalue weighted by Crippen LogP contribution is -2.25. The van der Waals surface area contributed by atoms with Crippen LogP contribution in [0.2, 0.25) is 0 Å². The van der Waals surface area contributed by atoms with E-state index in [1.165, 1.54) is 32.1 Å². The Morgan fingerprint density at radius 1 is 1.19 bits per heavy atom. The number of amides is 1. The molecule has 0 heterocycles. The molecule has 0 saturated heterocycles. The summed E-state index contributed by atoms with van der Waals surface area (Å²) in [4.78, 5) is 13.9. The first-order chi connectivity index (χ1) is 9.89. The Morgan fingerprint density at radius 3 is 2.62 bits per heavy atom. The predicted molar refractivity (Wildman–Crippen MR) is 88.7 cm³/mol. The number of nitrogens with one attached hydrogen (secondary N) is 1. The lowest BCUT2D eigenvalue weighted by Gasteiger charge is -2.23. The van der Waals surface area contributed by atoms with Gasteiger partial charge in [-0.15, -0.1) is 0 Å². The summed E-state index contributed by atoms with van der Waals surface area (Å²) < 4.78 is 0. The molecular weight excluding hydrogens is 260 g/mol. The van der Waals surface area contributed by atoms with Crippen molar-refractivity contribution in [3.63, 3.8) is 0 Å². The monoisotopic (exact) mass is 288 g/mol. The number of carbonyl (C=O) groups is 1. The van der Waals surface area contributed by atoms with Crippen molar-refractivity contribution in [3.8, 4) is 0 Å². The van der Waals surface area contributed by atoms with Gasteiger partial charge in [0.05, 0.1) is 5.56 Å². The summed E-state index contributed by atoms with van der Waals surface area (Å²) in [5, 5.41) is 3.62. The second kappa shape index (κ2) is 6.50. The van der Waals surface area contributed by atoms with E-state index in [1.807, 2.05) is 24.3 Å². The molecule has 0 spiro atoms. The van der Waals surface area contributed by atoms with E-state index in [0.717, 1.165) is 11.3 Å². The number of rotatable bonds is 3. The maximum absolute atomic E-state index is 12.3. The highest BCUT2D eigenvalue weighted by molar-refractivity contribution is 5.99. The van der Waals surface area contributed by atoms with Crippen molar-refractivity contribution < 1.29 is 4.79 Å². The second-order valence-corrected chi connectivity index (χ2v) is 7.18. The SMILES string of the molecule is CN(C)C(=O)c1ccccc1NC1CCCC(C)(C)CC1. The highest BCUT2D eigenvalue weighted by Crippen LogP contribution is 2.35. The van der Waals surface area contributed by atoms with Gasteiger partial charge < -0.3 is 10.2 Å². The van der Waals surface area contributed by atoms with Crippen LogP contribution >= 0.6 is 0 Å². The topological polar surface area (TPSA) is 32.3 Å². The summed E-state index contributed by atoms with van der Waals surface area (Å²) in [6.07, 6.45) is 6.16. The number of hydrogen-bond donors (Lipinski definition) is 1. The molecule has 1 atom stereocenters. The second-order valence-electron chi connectivity index (χ2n) is 7.18. The summed E-state index contributed by atoms with van der Waals surface area (Å²) >= 11 is 0. The van der Waals surface area contributed by atoms with E-state index in [1.54, 1.807) is 19.0 Å². The van der Waals surface area contributed by atoms with Gasteiger partial charge >= 0.3 is 0 Å². The standard InChI is InChI=1S/C18H28N2O/c1-18(2)12-7-8-14(11-13-18)19-16-10-6-5-9-15(16)17(21)20(3)4/h5-6,9-10,14,19H,7-8,11-13H2,1-4H3. The van der Waals surface area contributed by atoms with Crippen LogP contribution in [0.3, 0.4) is 0 Å². The van der Waals surface area contributed by atoms with Gasteiger partial charge in [0, 0.05) is 25.8 Å². The minimum absolute atomic E-state index is 0.0621. The van der Waals surface area contributed by atoms with E-state index in [2.05, 4.69) is 19.2 Å². The van der Waals surface area contributed by atoms with Gasteiger partial charge in [0.15, 0.2) is 0 Å². The third-order valence-electron chi connectivity index (χ3n) is 4.50.